The number of hydrogen-bond donors (Lipinski definition) is 0. The molecule has 0 spiro atoms. The van der Waals surface area contributed by atoms with Crippen LogP contribution in [0.15, 0.2) is 3.77 Å². The van der Waals surface area contributed by atoms with Crippen molar-refractivity contribution in [2.24, 2.45) is 3.77 Å². The van der Waals surface area contributed by atoms with E-state index < -0.39 is 26.8 Å². The summed E-state index contributed by atoms with van der Waals surface area (Å²) >= 11 is -2.77. The lowest BCUT2D eigenvalue weighted by atomic mass is 10.7. The van der Waals surface area contributed by atoms with Crippen molar-refractivity contribution in [1.82, 2.24) is 4.31 Å². The zero-order valence-electron chi connectivity index (χ0n) is 7.95. The molecule has 0 bridgehead atoms. The van der Waals surface area contributed by atoms with Gasteiger partial charge in [-0.1, -0.05) is 17.6 Å². The molecule has 1 atom stereocenters. The lowest BCUT2D eigenvalue weighted by Crippen LogP contribution is -2.26. The summed E-state index contributed by atoms with van der Waals surface area (Å²) in [4.78, 5) is 0. The molecule has 0 saturated carbocycles. The molecular weight excluding hydrogens is 260 g/mol. The highest BCUT2D eigenvalue weighted by Crippen LogP contribution is 2.25. The van der Waals surface area contributed by atoms with Gasteiger partial charge >= 0.3 is 15.5 Å². The molecule has 0 aliphatic heterocycles. The Morgan fingerprint density at radius 3 is 1.93 bits per heavy atom. The van der Waals surface area contributed by atoms with E-state index in [4.69, 9.17) is 0 Å². The van der Waals surface area contributed by atoms with Crippen molar-refractivity contribution in [3.63, 3.8) is 0 Å². The number of alkyl halides is 3. The van der Waals surface area contributed by atoms with Gasteiger partial charge in [0.1, 0.15) is 0 Å². The molecule has 0 heterocycles. The van der Waals surface area contributed by atoms with E-state index in [1.807, 2.05) is 0 Å². The maximum absolute atomic E-state index is 13.0. The van der Waals surface area contributed by atoms with Crippen LogP contribution < -0.4 is 0 Å². The SMILES string of the molecule is CCN(CC)S(F)=NS(=O)(=O)C(F)(F)F. The molecule has 4 nitrogen and oxygen atoms in total. The summed E-state index contributed by atoms with van der Waals surface area (Å²) in [6.07, 6.45) is 0. The number of hydrogen-bond acceptors (Lipinski definition) is 2. The Hall–Kier alpha value is -0.220. The van der Waals surface area contributed by atoms with Gasteiger partial charge < -0.3 is 0 Å². The molecule has 0 rings (SSSR count). The van der Waals surface area contributed by atoms with Gasteiger partial charge in [-0.25, -0.2) is 4.31 Å². The Morgan fingerprint density at radius 1 is 1.27 bits per heavy atom. The summed E-state index contributed by atoms with van der Waals surface area (Å²) in [5, 5.41) is 0. The van der Waals surface area contributed by atoms with Crippen molar-refractivity contribution in [2.75, 3.05) is 13.1 Å². The van der Waals surface area contributed by atoms with Crippen LogP contribution in [0.1, 0.15) is 13.8 Å². The molecule has 0 aromatic rings. The van der Waals surface area contributed by atoms with Gasteiger partial charge in [0.25, 0.3) is 0 Å². The fourth-order valence-electron chi connectivity index (χ4n) is 0.607. The molecule has 1 unspecified atom stereocenters. The van der Waals surface area contributed by atoms with Crippen LogP contribution in [0.5, 0.6) is 0 Å². The highest BCUT2D eigenvalue weighted by atomic mass is 32.3. The van der Waals surface area contributed by atoms with Crippen LogP contribution in [-0.4, -0.2) is 31.3 Å². The van der Waals surface area contributed by atoms with E-state index in [1.54, 1.807) is 0 Å². The summed E-state index contributed by atoms with van der Waals surface area (Å²) in [6.45, 7) is 3.12. The lowest BCUT2D eigenvalue weighted by molar-refractivity contribution is -0.0434. The third-order valence-corrected chi connectivity index (χ3v) is 4.18. The van der Waals surface area contributed by atoms with Crippen LogP contribution in [0.2, 0.25) is 0 Å². The van der Waals surface area contributed by atoms with Crippen LogP contribution >= 0.6 is 0 Å². The smallest absolute Gasteiger partial charge is 0.215 e. The standard InChI is InChI=1S/C5H10F4N2O2S2/c1-3-11(4-2)14(9)10-15(12,13)5(6,7)8/h3-4H2,1-2H3. The predicted molar refractivity (Wildman–Crippen MR) is 48.8 cm³/mol. The molecule has 0 aliphatic carbocycles. The first-order valence-corrected chi connectivity index (χ1v) is 6.33. The van der Waals surface area contributed by atoms with Crippen molar-refractivity contribution in [3.05, 3.63) is 0 Å². The van der Waals surface area contributed by atoms with Crippen molar-refractivity contribution in [1.29, 1.82) is 0 Å². The number of nitrogens with zero attached hydrogens (tertiary/aromatic N) is 2. The normalized spacial score (nSPS) is 15.9. The van der Waals surface area contributed by atoms with Crippen LogP contribution in [-0.2, 0) is 21.3 Å². The van der Waals surface area contributed by atoms with Gasteiger partial charge in [-0.2, -0.15) is 21.6 Å². The van der Waals surface area contributed by atoms with Gasteiger partial charge in [0, 0.05) is 13.1 Å². The average molecular weight is 270 g/mol. The maximum atomic E-state index is 13.0. The minimum Gasteiger partial charge on any atom is -0.215 e. The first kappa shape index (κ1) is 14.8. The molecular formula is C5H10F4N2O2S2. The molecule has 0 amide bonds. The maximum Gasteiger partial charge on any atom is 0.519 e. The summed E-state index contributed by atoms with van der Waals surface area (Å²) in [5.41, 5.74) is -5.54. The van der Waals surface area contributed by atoms with Crippen LogP contribution in [0.4, 0.5) is 17.1 Å². The molecule has 0 aliphatic rings. The van der Waals surface area contributed by atoms with E-state index in [2.05, 4.69) is 3.77 Å². The Bertz CT molecular complexity index is 333. The fourth-order valence-corrected chi connectivity index (χ4v) is 2.40. The highest BCUT2D eigenvalue weighted by molar-refractivity contribution is 7.98. The summed E-state index contributed by atoms with van der Waals surface area (Å²) in [7, 11) is -5.74. The third-order valence-electron chi connectivity index (χ3n) is 1.37. The Kier molecular flexibility index (Phi) is 5.14. The van der Waals surface area contributed by atoms with Crippen molar-refractivity contribution < 1.29 is 25.5 Å². The number of rotatable bonds is 4. The van der Waals surface area contributed by atoms with Gasteiger partial charge in [0.05, 0.1) is 0 Å². The summed E-state index contributed by atoms with van der Waals surface area (Å²) < 4.78 is 72.3. The van der Waals surface area contributed by atoms with E-state index in [9.17, 15) is 25.5 Å². The molecule has 0 saturated heterocycles. The van der Waals surface area contributed by atoms with Gasteiger partial charge in [-0.05, 0) is 0 Å². The first-order chi connectivity index (χ1) is 6.65. The van der Waals surface area contributed by atoms with Gasteiger partial charge in [-0.3, -0.25) is 0 Å². The summed E-state index contributed by atoms with van der Waals surface area (Å²) in [5.74, 6) is 0. The van der Waals surface area contributed by atoms with Crippen molar-refractivity contribution >= 4 is 21.3 Å². The molecule has 0 radical (unpaired) electrons. The quantitative estimate of drug-likeness (QED) is 0.732. The van der Waals surface area contributed by atoms with Crippen molar-refractivity contribution in [3.8, 4) is 0 Å². The Labute approximate surface area is 87.8 Å². The second-order valence-electron chi connectivity index (χ2n) is 2.33. The van der Waals surface area contributed by atoms with Crippen LogP contribution in [0.3, 0.4) is 0 Å². The van der Waals surface area contributed by atoms with Gasteiger partial charge in [0.2, 0.25) is 0 Å². The van der Waals surface area contributed by atoms with E-state index in [1.165, 1.54) is 13.8 Å². The molecule has 10 heteroatoms. The molecule has 0 N–H and O–H groups in total. The van der Waals surface area contributed by atoms with Crippen LogP contribution in [0.25, 0.3) is 0 Å². The molecule has 15 heavy (non-hydrogen) atoms. The zero-order chi connectivity index (χ0) is 12.3. The number of halogens is 4. The zero-order valence-corrected chi connectivity index (χ0v) is 9.59. The number of sulfonamides is 1. The minimum absolute atomic E-state index is 0.0764. The van der Waals surface area contributed by atoms with E-state index in [0.29, 0.717) is 0 Å². The Morgan fingerprint density at radius 2 is 1.67 bits per heavy atom. The van der Waals surface area contributed by atoms with E-state index in [0.717, 1.165) is 4.31 Å². The topological polar surface area (TPSA) is 49.7 Å². The van der Waals surface area contributed by atoms with Crippen LogP contribution in [0, 0.1) is 0 Å². The largest absolute Gasteiger partial charge is 0.519 e. The molecule has 0 fully saturated rings. The monoisotopic (exact) mass is 270 g/mol. The fraction of sp³-hybridized carbons (Fsp3) is 1.00. The van der Waals surface area contributed by atoms with Gasteiger partial charge in [-0.15, -0.1) is 3.89 Å². The molecule has 0 aromatic carbocycles. The predicted octanol–water partition coefficient (Wildman–Crippen LogP) is 1.78. The minimum atomic E-state index is -5.74. The lowest BCUT2D eigenvalue weighted by Gasteiger charge is -2.14. The van der Waals surface area contributed by atoms with Crippen molar-refractivity contribution in [2.45, 2.75) is 19.4 Å². The summed E-state index contributed by atoms with van der Waals surface area (Å²) in [6, 6.07) is 0. The highest BCUT2D eigenvalue weighted by Gasteiger charge is 2.46. The second kappa shape index (κ2) is 5.21. The average Bonchev–Trinajstić information content (AvgIpc) is 2.03. The molecule has 0 aromatic heterocycles. The third kappa shape index (κ3) is 4.03. The van der Waals surface area contributed by atoms with E-state index in [-0.39, 0.29) is 13.1 Å². The first-order valence-electron chi connectivity index (χ1n) is 3.85. The Balaban J connectivity index is 5.07. The second-order valence-corrected chi connectivity index (χ2v) is 5.29. The van der Waals surface area contributed by atoms with Gasteiger partial charge in [0.15, 0.2) is 11.3 Å². The van der Waals surface area contributed by atoms with E-state index >= 15 is 0 Å². The molecule has 92 valence electrons.